The summed E-state index contributed by atoms with van der Waals surface area (Å²) in [6, 6.07) is 6.33. The topological polar surface area (TPSA) is 64.9 Å². The van der Waals surface area contributed by atoms with Crippen LogP contribution in [-0.2, 0) is 0 Å². The Hall–Kier alpha value is -1.73. The van der Waals surface area contributed by atoms with Crippen LogP contribution < -0.4 is 10.6 Å². The summed E-state index contributed by atoms with van der Waals surface area (Å²) in [4.78, 5) is 11.2. The van der Waals surface area contributed by atoms with E-state index in [0.717, 1.165) is 0 Å². The molecule has 0 atom stereocenters. The molecule has 78 valence electrons. The standard InChI is InChI=1S/C10H10ClN3O/c1-2-13-10(15)14-9-4-3-7(6-12)5-8(9)11/h3-5H,2H2,1H3,(H2,13,14,15). The largest absolute Gasteiger partial charge is 0.338 e. The first-order chi connectivity index (χ1) is 7.17. The van der Waals surface area contributed by atoms with Crippen molar-refractivity contribution < 1.29 is 4.79 Å². The molecule has 1 aromatic rings. The molecule has 0 fully saturated rings. The number of urea groups is 1. The lowest BCUT2D eigenvalue weighted by molar-refractivity contribution is 0.252. The molecule has 0 heterocycles. The quantitative estimate of drug-likeness (QED) is 0.808. The van der Waals surface area contributed by atoms with Gasteiger partial charge in [-0.15, -0.1) is 0 Å². The van der Waals surface area contributed by atoms with Gasteiger partial charge in [0.2, 0.25) is 0 Å². The van der Waals surface area contributed by atoms with Crippen molar-refractivity contribution in [2.75, 3.05) is 11.9 Å². The molecule has 2 amide bonds. The van der Waals surface area contributed by atoms with Gasteiger partial charge < -0.3 is 10.6 Å². The fourth-order valence-corrected chi connectivity index (χ4v) is 1.24. The van der Waals surface area contributed by atoms with Crippen LogP contribution in [0.1, 0.15) is 12.5 Å². The maximum Gasteiger partial charge on any atom is 0.319 e. The van der Waals surface area contributed by atoms with Crippen LogP contribution >= 0.6 is 11.6 Å². The Morgan fingerprint density at radius 3 is 2.87 bits per heavy atom. The maximum atomic E-state index is 11.2. The third-order valence-electron chi connectivity index (χ3n) is 1.68. The van der Waals surface area contributed by atoms with Gasteiger partial charge in [0.25, 0.3) is 0 Å². The fraction of sp³-hybridized carbons (Fsp3) is 0.200. The zero-order valence-corrected chi connectivity index (χ0v) is 8.93. The number of benzene rings is 1. The van der Waals surface area contributed by atoms with Crippen molar-refractivity contribution in [2.24, 2.45) is 0 Å². The summed E-state index contributed by atoms with van der Waals surface area (Å²) in [5.74, 6) is 0. The molecule has 1 rings (SSSR count). The Morgan fingerprint density at radius 1 is 1.60 bits per heavy atom. The number of hydrogen-bond donors (Lipinski definition) is 2. The van der Waals surface area contributed by atoms with Crippen LogP contribution in [0.4, 0.5) is 10.5 Å². The van der Waals surface area contributed by atoms with E-state index in [1.807, 2.05) is 13.0 Å². The smallest absolute Gasteiger partial charge is 0.319 e. The molecule has 0 saturated heterocycles. The molecule has 0 unspecified atom stereocenters. The van der Waals surface area contributed by atoms with Crippen LogP contribution in [0.5, 0.6) is 0 Å². The number of nitrogens with zero attached hydrogens (tertiary/aromatic N) is 1. The molecular formula is C10H10ClN3O. The lowest BCUT2D eigenvalue weighted by Crippen LogP contribution is -2.28. The molecule has 1 aromatic carbocycles. The Morgan fingerprint density at radius 2 is 2.33 bits per heavy atom. The van der Waals surface area contributed by atoms with E-state index in [9.17, 15) is 4.79 Å². The van der Waals surface area contributed by atoms with E-state index < -0.39 is 0 Å². The van der Waals surface area contributed by atoms with Gasteiger partial charge in [0.15, 0.2) is 0 Å². The first-order valence-electron chi connectivity index (χ1n) is 4.42. The van der Waals surface area contributed by atoms with Gasteiger partial charge in [-0.3, -0.25) is 0 Å². The first-order valence-corrected chi connectivity index (χ1v) is 4.79. The van der Waals surface area contributed by atoms with Crippen molar-refractivity contribution in [1.82, 2.24) is 5.32 Å². The molecule has 0 aromatic heterocycles. The molecule has 0 aliphatic rings. The second kappa shape index (κ2) is 5.23. The summed E-state index contributed by atoms with van der Waals surface area (Å²) in [6.45, 7) is 2.36. The van der Waals surface area contributed by atoms with Crippen LogP contribution in [0, 0.1) is 11.3 Å². The SMILES string of the molecule is CCNC(=O)Nc1ccc(C#N)cc1Cl. The molecule has 15 heavy (non-hydrogen) atoms. The Balaban J connectivity index is 2.79. The highest BCUT2D eigenvalue weighted by molar-refractivity contribution is 6.33. The number of hydrogen-bond acceptors (Lipinski definition) is 2. The van der Waals surface area contributed by atoms with Crippen molar-refractivity contribution in [1.29, 1.82) is 5.26 Å². The number of nitrogens with one attached hydrogen (secondary N) is 2. The second-order valence-electron chi connectivity index (χ2n) is 2.79. The predicted molar refractivity (Wildman–Crippen MR) is 58.9 cm³/mol. The molecule has 2 N–H and O–H groups in total. The van der Waals surface area contributed by atoms with Gasteiger partial charge in [0.1, 0.15) is 0 Å². The summed E-state index contributed by atoms with van der Waals surface area (Å²) in [7, 11) is 0. The number of rotatable bonds is 2. The summed E-state index contributed by atoms with van der Waals surface area (Å²) >= 11 is 5.86. The molecule has 0 saturated carbocycles. The van der Waals surface area contributed by atoms with Crippen LogP contribution in [0.3, 0.4) is 0 Å². The minimum Gasteiger partial charge on any atom is -0.338 e. The fourth-order valence-electron chi connectivity index (χ4n) is 1.01. The highest BCUT2D eigenvalue weighted by Gasteiger charge is 2.04. The molecular weight excluding hydrogens is 214 g/mol. The minimum atomic E-state index is -0.316. The monoisotopic (exact) mass is 223 g/mol. The molecule has 0 bridgehead atoms. The Kier molecular flexibility index (Phi) is 3.95. The van der Waals surface area contributed by atoms with E-state index >= 15 is 0 Å². The summed E-state index contributed by atoms with van der Waals surface area (Å²) < 4.78 is 0. The maximum absolute atomic E-state index is 11.2. The van der Waals surface area contributed by atoms with E-state index in [2.05, 4.69) is 10.6 Å². The van der Waals surface area contributed by atoms with E-state index in [0.29, 0.717) is 22.8 Å². The van der Waals surface area contributed by atoms with Crippen molar-refractivity contribution >= 4 is 23.3 Å². The summed E-state index contributed by atoms with van der Waals surface area (Å²) in [5.41, 5.74) is 0.947. The Labute approximate surface area is 92.8 Å². The number of carbonyl (C=O) groups is 1. The number of anilines is 1. The zero-order valence-electron chi connectivity index (χ0n) is 8.17. The number of nitriles is 1. The van der Waals surface area contributed by atoms with Gasteiger partial charge in [-0.25, -0.2) is 4.79 Å². The van der Waals surface area contributed by atoms with Crippen LogP contribution in [-0.4, -0.2) is 12.6 Å². The highest BCUT2D eigenvalue weighted by Crippen LogP contribution is 2.22. The second-order valence-corrected chi connectivity index (χ2v) is 3.20. The number of halogens is 1. The van der Waals surface area contributed by atoms with Gasteiger partial charge in [0, 0.05) is 6.54 Å². The van der Waals surface area contributed by atoms with Gasteiger partial charge in [-0.1, -0.05) is 11.6 Å². The summed E-state index contributed by atoms with van der Waals surface area (Å²) in [5, 5.41) is 14.1. The van der Waals surface area contributed by atoms with E-state index in [4.69, 9.17) is 16.9 Å². The third-order valence-corrected chi connectivity index (χ3v) is 2.00. The van der Waals surface area contributed by atoms with Gasteiger partial charge >= 0.3 is 6.03 Å². The molecule has 0 aliphatic heterocycles. The number of carbonyl (C=O) groups excluding carboxylic acids is 1. The minimum absolute atomic E-state index is 0.316. The highest BCUT2D eigenvalue weighted by atomic mass is 35.5. The zero-order chi connectivity index (χ0) is 11.3. The van der Waals surface area contributed by atoms with Gasteiger partial charge in [-0.05, 0) is 25.1 Å². The van der Waals surface area contributed by atoms with Crippen molar-refractivity contribution in [3.05, 3.63) is 28.8 Å². The van der Waals surface area contributed by atoms with Gasteiger partial charge in [0.05, 0.1) is 22.3 Å². The molecule has 0 spiro atoms. The Bertz CT molecular complexity index is 412. The van der Waals surface area contributed by atoms with E-state index in [1.165, 1.54) is 6.07 Å². The molecule has 0 aliphatic carbocycles. The third kappa shape index (κ3) is 3.15. The normalized spacial score (nSPS) is 9.13. The number of amides is 2. The van der Waals surface area contributed by atoms with Crippen molar-refractivity contribution in [3.8, 4) is 6.07 Å². The summed E-state index contributed by atoms with van der Waals surface area (Å²) in [6.07, 6.45) is 0. The molecule has 4 nitrogen and oxygen atoms in total. The van der Waals surface area contributed by atoms with Crippen molar-refractivity contribution in [3.63, 3.8) is 0 Å². The average Bonchev–Trinajstić information content (AvgIpc) is 2.21. The van der Waals surface area contributed by atoms with E-state index in [-0.39, 0.29) is 6.03 Å². The predicted octanol–water partition coefficient (Wildman–Crippen LogP) is 2.35. The molecule has 5 heteroatoms. The average molecular weight is 224 g/mol. The van der Waals surface area contributed by atoms with E-state index in [1.54, 1.807) is 12.1 Å². The van der Waals surface area contributed by atoms with Crippen LogP contribution in [0.2, 0.25) is 5.02 Å². The lowest BCUT2D eigenvalue weighted by atomic mass is 10.2. The lowest BCUT2D eigenvalue weighted by Gasteiger charge is -2.07. The van der Waals surface area contributed by atoms with Crippen LogP contribution in [0.25, 0.3) is 0 Å². The van der Waals surface area contributed by atoms with Gasteiger partial charge in [-0.2, -0.15) is 5.26 Å². The van der Waals surface area contributed by atoms with Crippen LogP contribution in [0.15, 0.2) is 18.2 Å². The van der Waals surface area contributed by atoms with Crippen molar-refractivity contribution in [2.45, 2.75) is 6.92 Å². The first kappa shape index (κ1) is 11.3. The molecule has 0 radical (unpaired) electrons.